The predicted molar refractivity (Wildman–Crippen MR) is 167 cm³/mol. The maximum absolute atomic E-state index is 13.8. The van der Waals surface area contributed by atoms with Crippen molar-refractivity contribution in [3.63, 3.8) is 0 Å². The van der Waals surface area contributed by atoms with Crippen LogP contribution in [0.2, 0.25) is 0 Å². The number of hydrogen-bond donors (Lipinski definition) is 1. The van der Waals surface area contributed by atoms with E-state index in [2.05, 4.69) is 10.3 Å². The summed E-state index contributed by atoms with van der Waals surface area (Å²) in [5.74, 6) is -1.21. The molecule has 10 nitrogen and oxygen atoms in total. The van der Waals surface area contributed by atoms with Crippen molar-refractivity contribution in [1.29, 1.82) is 0 Å². The summed E-state index contributed by atoms with van der Waals surface area (Å²) < 4.78 is 11.2. The van der Waals surface area contributed by atoms with Crippen molar-refractivity contribution < 1.29 is 28.3 Å². The summed E-state index contributed by atoms with van der Waals surface area (Å²) in [6, 6.07) is 15.2. The van der Waals surface area contributed by atoms with Gasteiger partial charge >= 0.3 is 12.1 Å². The Morgan fingerprint density at radius 1 is 1.05 bits per heavy atom. The quantitative estimate of drug-likeness (QED) is 0.272. The van der Waals surface area contributed by atoms with Crippen LogP contribution >= 0.6 is 0 Å². The molecule has 1 aliphatic heterocycles. The number of ketones is 1. The molecule has 4 rings (SSSR count). The number of imide groups is 1. The number of aryl methyl sites for hydroxylation is 1. The van der Waals surface area contributed by atoms with Gasteiger partial charge in [-0.05, 0) is 70.1 Å². The summed E-state index contributed by atoms with van der Waals surface area (Å²) in [5, 5.41) is 2.86. The van der Waals surface area contributed by atoms with E-state index < -0.39 is 35.5 Å². The van der Waals surface area contributed by atoms with E-state index >= 15 is 0 Å². The lowest BCUT2D eigenvalue weighted by Gasteiger charge is -2.35. The summed E-state index contributed by atoms with van der Waals surface area (Å²) in [6.45, 7) is 10.4. The van der Waals surface area contributed by atoms with Gasteiger partial charge in [0.15, 0.2) is 5.58 Å². The molecule has 2 aromatic carbocycles. The van der Waals surface area contributed by atoms with E-state index in [0.29, 0.717) is 49.9 Å². The summed E-state index contributed by atoms with van der Waals surface area (Å²) in [6.07, 6.45) is 2.03. The van der Waals surface area contributed by atoms with E-state index in [1.807, 2.05) is 71.0 Å². The number of aromatic nitrogens is 1. The molecule has 2 atom stereocenters. The molecule has 1 unspecified atom stereocenters. The molecule has 0 spiro atoms. The molecule has 1 saturated heterocycles. The van der Waals surface area contributed by atoms with Crippen molar-refractivity contribution in [1.82, 2.24) is 20.1 Å². The van der Waals surface area contributed by atoms with Gasteiger partial charge in [0.05, 0.1) is 6.04 Å². The topological polar surface area (TPSA) is 122 Å². The number of benzene rings is 2. The van der Waals surface area contributed by atoms with Gasteiger partial charge in [0.1, 0.15) is 11.1 Å². The number of oxazole rings is 1. The van der Waals surface area contributed by atoms with Crippen molar-refractivity contribution in [3.8, 4) is 0 Å². The maximum Gasteiger partial charge on any atom is 0.410 e. The SMILES string of the molecule is CCC(C)CN(C(=O)N[C@@H](CCc1ccccc1)C(=O)c1nc2ccccc2o1)C(=O)C1CCN(C(=O)OC(C)(C)C)CC1. The molecule has 0 radical (unpaired) electrons. The Balaban J connectivity index is 1.51. The lowest BCUT2D eigenvalue weighted by Crippen LogP contribution is -2.54. The van der Waals surface area contributed by atoms with Crippen LogP contribution in [-0.4, -0.2) is 69.9 Å². The fraction of sp³-hybridized carbons (Fsp3) is 0.500. The molecular weight excluding hydrogens is 560 g/mol. The highest BCUT2D eigenvalue weighted by atomic mass is 16.6. The standard InChI is InChI=1S/C34H44N4O6/c1-6-23(2)22-38(31(40)25-18-20-37(21-19-25)33(42)44-34(3,4)5)32(41)36-27(17-16-24-12-8-7-9-13-24)29(39)30-35-26-14-10-11-15-28(26)43-30/h7-15,23,25,27H,6,16-22H2,1-5H3,(H,36,41)/t23?,27-/m0/s1. The Morgan fingerprint density at radius 2 is 1.70 bits per heavy atom. The van der Waals surface area contributed by atoms with E-state index in [1.165, 1.54) is 4.90 Å². The third-order valence-electron chi connectivity index (χ3n) is 7.88. The van der Waals surface area contributed by atoms with E-state index in [4.69, 9.17) is 9.15 Å². The number of ether oxygens (including phenoxy) is 1. The Hall–Kier alpha value is -4.21. The first-order valence-electron chi connectivity index (χ1n) is 15.5. The Morgan fingerprint density at radius 3 is 2.34 bits per heavy atom. The number of fused-ring (bicyclic) bond motifs is 1. The molecular formula is C34H44N4O6. The van der Waals surface area contributed by atoms with Crippen LogP contribution in [0.4, 0.5) is 9.59 Å². The van der Waals surface area contributed by atoms with Gasteiger partial charge < -0.3 is 19.4 Å². The number of nitrogens with one attached hydrogen (secondary N) is 1. The number of amides is 4. The molecule has 1 fully saturated rings. The predicted octanol–water partition coefficient (Wildman–Crippen LogP) is 6.24. The minimum absolute atomic E-state index is 0.0575. The molecule has 10 heteroatoms. The Labute approximate surface area is 259 Å². The average Bonchev–Trinajstić information content (AvgIpc) is 3.45. The lowest BCUT2D eigenvalue weighted by molar-refractivity contribution is -0.134. The number of nitrogens with zero attached hydrogens (tertiary/aromatic N) is 3. The molecule has 0 bridgehead atoms. The molecule has 236 valence electrons. The van der Waals surface area contributed by atoms with Crippen molar-refractivity contribution in [2.75, 3.05) is 19.6 Å². The highest BCUT2D eigenvalue weighted by Gasteiger charge is 2.36. The number of para-hydroxylation sites is 2. The third kappa shape index (κ3) is 8.67. The Bertz CT molecular complexity index is 1410. The second-order valence-electron chi connectivity index (χ2n) is 12.6. The lowest BCUT2D eigenvalue weighted by atomic mass is 9.95. The molecule has 0 aliphatic carbocycles. The van der Waals surface area contributed by atoms with E-state index in [1.54, 1.807) is 23.1 Å². The van der Waals surface area contributed by atoms with Crippen LogP contribution in [0.3, 0.4) is 0 Å². The normalized spacial score (nSPS) is 15.4. The molecule has 1 N–H and O–H groups in total. The number of Topliss-reactive ketones (excluding diaryl/α,β-unsaturated/α-hetero) is 1. The van der Waals surface area contributed by atoms with Gasteiger partial charge in [-0.25, -0.2) is 14.6 Å². The first-order valence-corrected chi connectivity index (χ1v) is 15.5. The first kappa shape index (κ1) is 32.7. The van der Waals surface area contributed by atoms with Crippen LogP contribution in [0.5, 0.6) is 0 Å². The summed E-state index contributed by atoms with van der Waals surface area (Å²) >= 11 is 0. The number of carbonyl (C=O) groups is 4. The van der Waals surface area contributed by atoms with Gasteiger partial charge in [0.2, 0.25) is 11.7 Å². The van der Waals surface area contributed by atoms with E-state index in [0.717, 1.165) is 12.0 Å². The summed E-state index contributed by atoms with van der Waals surface area (Å²) in [7, 11) is 0. The minimum Gasteiger partial charge on any atom is -0.444 e. The second kappa shape index (κ2) is 14.5. The molecule has 2 heterocycles. The number of piperidine rings is 1. The van der Waals surface area contributed by atoms with Gasteiger partial charge in [-0.3, -0.25) is 14.5 Å². The van der Waals surface area contributed by atoms with Crippen LogP contribution in [-0.2, 0) is 16.0 Å². The van der Waals surface area contributed by atoms with Gasteiger partial charge in [0, 0.05) is 25.6 Å². The van der Waals surface area contributed by atoms with Gasteiger partial charge in [0.25, 0.3) is 5.89 Å². The highest BCUT2D eigenvalue weighted by molar-refractivity contribution is 6.02. The summed E-state index contributed by atoms with van der Waals surface area (Å²) in [5.41, 5.74) is 1.44. The molecule has 44 heavy (non-hydrogen) atoms. The minimum atomic E-state index is -0.961. The number of hydrogen-bond acceptors (Lipinski definition) is 7. The van der Waals surface area contributed by atoms with Crippen molar-refractivity contribution >= 4 is 34.9 Å². The van der Waals surface area contributed by atoms with Gasteiger partial charge in [-0.2, -0.15) is 0 Å². The Kier molecular flexibility index (Phi) is 10.8. The van der Waals surface area contributed by atoms with E-state index in [-0.39, 0.29) is 24.3 Å². The van der Waals surface area contributed by atoms with Crippen LogP contribution < -0.4 is 5.32 Å². The zero-order chi connectivity index (χ0) is 31.9. The zero-order valence-corrected chi connectivity index (χ0v) is 26.4. The highest BCUT2D eigenvalue weighted by Crippen LogP contribution is 2.23. The number of urea groups is 1. The van der Waals surface area contributed by atoms with Crippen LogP contribution in [0.15, 0.2) is 59.0 Å². The van der Waals surface area contributed by atoms with Gasteiger partial charge in [-0.15, -0.1) is 0 Å². The van der Waals surface area contributed by atoms with Crippen molar-refractivity contribution in [2.45, 2.75) is 78.4 Å². The largest absolute Gasteiger partial charge is 0.444 e. The molecule has 1 aromatic heterocycles. The molecule has 0 saturated carbocycles. The van der Waals surface area contributed by atoms with Crippen molar-refractivity contribution in [2.24, 2.45) is 11.8 Å². The fourth-order valence-corrected chi connectivity index (χ4v) is 5.15. The van der Waals surface area contributed by atoms with Crippen LogP contribution in [0.25, 0.3) is 11.1 Å². The van der Waals surface area contributed by atoms with Crippen LogP contribution in [0.1, 0.15) is 76.6 Å². The fourth-order valence-electron chi connectivity index (χ4n) is 5.15. The molecule has 1 aliphatic rings. The third-order valence-corrected chi connectivity index (χ3v) is 7.88. The number of rotatable bonds is 10. The monoisotopic (exact) mass is 604 g/mol. The zero-order valence-electron chi connectivity index (χ0n) is 26.4. The number of carbonyl (C=O) groups excluding carboxylic acids is 4. The smallest absolute Gasteiger partial charge is 0.410 e. The first-order chi connectivity index (χ1) is 20.9. The average molecular weight is 605 g/mol. The van der Waals surface area contributed by atoms with Gasteiger partial charge in [-0.1, -0.05) is 62.7 Å². The van der Waals surface area contributed by atoms with Crippen LogP contribution in [0, 0.1) is 11.8 Å². The summed E-state index contributed by atoms with van der Waals surface area (Å²) in [4.78, 5) is 61.1. The molecule has 3 aromatic rings. The maximum atomic E-state index is 13.8. The molecule has 4 amide bonds. The van der Waals surface area contributed by atoms with Crippen molar-refractivity contribution in [3.05, 3.63) is 66.1 Å². The second-order valence-corrected chi connectivity index (χ2v) is 12.6. The number of likely N-dealkylation sites (tertiary alicyclic amines) is 1. The van der Waals surface area contributed by atoms with E-state index in [9.17, 15) is 19.2 Å².